The number of hydrogen-bond acceptors (Lipinski definition) is 2. The zero-order valence-electron chi connectivity index (χ0n) is 22.3. The van der Waals surface area contributed by atoms with E-state index in [1.165, 1.54) is 59.4 Å². The highest BCUT2D eigenvalue weighted by Gasteiger charge is 2.22. The molecule has 2 aromatic heterocycles. The van der Waals surface area contributed by atoms with Crippen molar-refractivity contribution in [1.29, 1.82) is 5.26 Å². The Hall–Kier alpha value is -5.09. The Morgan fingerprint density at radius 2 is 1.63 bits per heavy atom. The molecule has 2 heterocycles. The van der Waals surface area contributed by atoms with Crippen LogP contribution >= 0.6 is 11.3 Å². The Bertz CT molecular complexity index is 2180. The van der Waals surface area contributed by atoms with Crippen LogP contribution in [-0.4, -0.2) is 4.57 Å². The van der Waals surface area contributed by atoms with Crippen LogP contribution in [0, 0.1) is 23.2 Å². The van der Waals surface area contributed by atoms with Crippen molar-refractivity contribution in [3.8, 4) is 34.7 Å². The van der Waals surface area contributed by atoms with Gasteiger partial charge < -0.3 is 4.57 Å². The Morgan fingerprint density at radius 3 is 2.54 bits per heavy atom. The van der Waals surface area contributed by atoms with E-state index in [0.29, 0.717) is 5.56 Å². The topological polar surface area (TPSA) is 28.7 Å². The fourth-order valence-electron chi connectivity index (χ4n) is 6.25. The SMILES string of the molecule is N#Cc1ccc(-c2ccc3c4c(sc3c2)CCC(c2ccccc2-n2c3c(c5ccccc52)C=CCC#C3)=C4)cc1. The number of para-hydroxylation sites is 2. The third kappa shape index (κ3) is 3.86. The lowest BCUT2D eigenvalue weighted by Crippen LogP contribution is -2.04. The smallest absolute Gasteiger partial charge is 0.105 e. The number of fused-ring (bicyclic) bond motifs is 6. The molecule has 2 aliphatic carbocycles. The maximum absolute atomic E-state index is 9.16. The fraction of sp³-hybridized carbons (Fsp3) is 0.0789. The standard InChI is InChI=1S/C38H24N2S/c39-24-25-14-16-26(17-15-25)27-18-20-32-33-22-28(19-21-37(33)41-38(32)23-27)29-8-4-6-12-34(29)40-35-11-3-1-2-9-30(35)31-10-5-7-13-36(31)40/h2,4-10,12-18,20,22-23H,1,19,21H2. The number of nitrogens with zero attached hydrogens (tertiary/aromatic N) is 2. The Labute approximate surface area is 243 Å². The van der Waals surface area contributed by atoms with Gasteiger partial charge in [-0.15, -0.1) is 11.3 Å². The van der Waals surface area contributed by atoms with Crippen molar-refractivity contribution in [1.82, 2.24) is 4.57 Å². The molecule has 0 saturated carbocycles. The molecule has 8 rings (SSSR count). The number of hydrogen-bond donors (Lipinski definition) is 0. The lowest BCUT2D eigenvalue weighted by Gasteiger charge is -2.19. The lowest BCUT2D eigenvalue weighted by atomic mass is 9.90. The van der Waals surface area contributed by atoms with Crippen LogP contribution in [0.15, 0.2) is 97.1 Å². The van der Waals surface area contributed by atoms with E-state index in [4.69, 9.17) is 5.26 Å². The molecule has 0 radical (unpaired) electrons. The highest BCUT2D eigenvalue weighted by atomic mass is 32.1. The second-order valence-electron chi connectivity index (χ2n) is 10.5. The zero-order chi connectivity index (χ0) is 27.3. The van der Waals surface area contributed by atoms with Gasteiger partial charge in [0.25, 0.3) is 0 Å². The Kier molecular flexibility index (Phi) is 5.52. The maximum Gasteiger partial charge on any atom is 0.105 e. The van der Waals surface area contributed by atoms with Gasteiger partial charge in [-0.25, -0.2) is 0 Å². The second kappa shape index (κ2) is 9.53. The molecule has 4 aromatic carbocycles. The summed E-state index contributed by atoms with van der Waals surface area (Å²) in [7, 11) is 0. The van der Waals surface area contributed by atoms with Gasteiger partial charge in [0.2, 0.25) is 0 Å². The number of benzene rings is 4. The lowest BCUT2D eigenvalue weighted by molar-refractivity contribution is 1.02. The van der Waals surface area contributed by atoms with Gasteiger partial charge in [-0.3, -0.25) is 0 Å². The molecule has 2 nitrogen and oxygen atoms in total. The third-order valence-electron chi connectivity index (χ3n) is 8.21. The summed E-state index contributed by atoms with van der Waals surface area (Å²) in [4.78, 5) is 1.45. The second-order valence-corrected chi connectivity index (χ2v) is 11.7. The predicted octanol–water partition coefficient (Wildman–Crippen LogP) is 9.64. The minimum absolute atomic E-state index is 0.687. The van der Waals surface area contributed by atoms with Crippen LogP contribution in [0.4, 0.5) is 0 Å². The quantitative estimate of drug-likeness (QED) is 0.205. The van der Waals surface area contributed by atoms with Crippen molar-refractivity contribution >= 4 is 50.1 Å². The largest absolute Gasteiger partial charge is 0.301 e. The molecule has 192 valence electrons. The van der Waals surface area contributed by atoms with Crippen LogP contribution in [0.3, 0.4) is 0 Å². The van der Waals surface area contributed by atoms with E-state index in [9.17, 15) is 0 Å². The van der Waals surface area contributed by atoms with Crippen molar-refractivity contribution in [3.63, 3.8) is 0 Å². The zero-order valence-corrected chi connectivity index (χ0v) is 23.1. The molecule has 0 N–H and O–H groups in total. The van der Waals surface area contributed by atoms with Crippen LogP contribution in [-0.2, 0) is 6.42 Å². The molecule has 0 amide bonds. The van der Waals surface area contributed by atoms with Gasteiger partial charge >= 0.3 is 0 Å². The number of rotatable bonds is 3. The van der Waals surface area contributed by atoms with Gasteiger partial charge in [0.15, 0.2) is 0 Å². The molecule has 0 spiro atoms. The van der Waals surface area contributed by atoms with Crippen molar-refractivity contribution in [3.05, 3.63) is 130 Å². The molecule has 2 aliphatic rings. The number of aromatic nitrogens is 1. The molecule has 0 atom stereocenters. The summed E-state index contributed by atoms with van der Waals surface area (Å²) in [5.41, 5.74) is 11.7. The molecular formula is C38H24N2S. The summed E-state index contributed by atoms with van der Waals surface area (Å²) in [5, 5.41) is 11.7. The van der Waals surface area contributed by atoms with E-state index < -0.39 is 0 Å². The van der Waals surface area contributed by atoms with Crippen LogP contribution in [0.1, 0.15) is 45.7 Å². The van der Waals surface area contributed by atoms with Crippen LogP contribution in [0.2, 0.25) is 0 Å². The minimum Gasteiger partial charge on any atom is -0.301 e. The molecule has 0 saturated heterocycles. The highest BCUT2D eigenvalue weighted by Crippen LogP contribution is 2.43. The van der Waals surface area contributed by atoms with E-state index in [-0.39, 0.29) is 0 Å². The normalized spacial score (nSPS) is 13.6. The van der Waals surface area contributed by atoms with Gasteiger partial charge in [0, 0.05) is 37.9 Å². The van der Waals surface area contributed by atoms with Crippen LogP contribution in [0.25, 0.3) is 55.5 Å². The third-order valence-corrected chi connectivity index (χ3v) is 9.44. The first-order valence-corrected chi connectivity index (χ1v) is 14.8. The number of nitriles is 1. The van der Waals surface area contributed by atoms with Crippen molar-refractivity contribution in [2.24, 2.45) is 0 Å². The average Bonchev–Trinajstić information content (AvgIpc) is 3.44. The summed E-state index contributed by atoms with van der Waals surface area (Å²) in [6.45, 7) is 0. The van der Waals surface area contributed by atoms with Gasteiger partial charge in [0.1, 0.15) is 5.69 Å². The summed E-state index contributed by atoms with van der Waals surface area (Å²) in [5.74, 6) is 6.83. The first-order valence-electron chi connectivity index (χ1n) is 13.9. The number of thiophene rings is 1. The van der Waals surface area contributed by atoms with Gasteiger partial charge in [-0.05, 0) is 77.4 Å². The fourth-order valence-corrected chi connectivity index (χ4v) is 7.47. The highest BCUT2D eigenvalue weighted by molar-refractivity contribution is 7.19. The number of allylic oxidation sites excluding steroid dienone is 2. The van der Waals surface area contributed by atoms with E-state index >= 15 is 0 Å². The summed E-state index contributed by atoms with van der Waals surface area (Å²) in [6.07, 6.45) is 9.63. The predicted molar refractivity (Wildman–Crippen MR) is 172 cm³/mol. The molecular weight excluding hydrogens is 516 g/mol. The average molecular weight is 541 g/mol. The molecule has 6 aromatic rings. The molecule has 41 heavy (non-hydrogen) atoms. The van der Waals surface area contributed by atoms with Crippen molar-refractivity contribution < 1.29 is 0 Å². The summed E-state index contributed by atoms with van der Waals surface area (Å²) in [6, 6.07) is 34.3. The first-order chi connectivity index (χ1) is 20.3. The summed E-state index contributed by atoms with van der Waals surface area (Å²) >= 11 is 1.91. The molecule has 0 aliphatic heterocycles. The monoisotopic (exact) mass is 540 g/mol. The van der Waals surface area contributed by atoms with Gasteiger partial charge in [-0.2, -0.15) is 5.26 Å². The summed E-state index contributed by atoms with van der Waals surface area (Å²) < 4.78 is 3.68. The van der Waals surface area contributed by atoms with E-state index in [2.05, 4.69) is 107 Å². The molecule has 0 fully saturated rings. The van der Waals surface area contributed by atoms with E-state index in [0.717, 1.165) is 30.5 Å². The molecule has 0 unspecified atom stereocenters. The molecule has 0 bridgehead atoms. The van der Waals surface area contributed by atoms with Crippen LogP contribution < -0.4 is 0 Å². The minimum atomic E-state index is 0.687. The Balaban J connectivity index is 1.26. The first kappa shape index (κ1) is 23.8. The van der Waals surface area contributed by atoms with Crippen LogP contribution in [0.5, 0.6) is 0 Å². The number of aryl methyl sites for hydroxylation is 1. The van der Waals surface area contributed by atoms with Crippen molar-refractivity contribution in [2.45, 2.75) is 19.3 Å². The van der Waals surface area contributed by atoms with E-state index in [1.807, 2.05) is 35.6 Å². The van der Waals surface area contributed by atoms with Crippen molar-refractivity contribution in [2.75, 3.05) is 0 Å². The molecule has 3 heteroatoms. The van der Waals surface area contributed by atoms with Gasteiger partial charge in [0.05, 0.1) is 22.8 Å². The van der Waals surface area contributed by atoms with E-state index in [1.54, 1.807) is 0 Å². The Morgan fingerprint density at radius 1 is 0.805 bits per heavy atom. The maximum atomic E-state index is 9.16. The van der Waals surface area contributed by atoms with Gasteiger partial charge in [-0.1, -0.05) is 78.7 Å².